The Morgan fingerprint density at radius 1 is 0.682 bits per heavy atom. The van der Waals surface area contributed by atoms with Crippen molar-refractivity contribution < 1.29 is 24.2 Å². The second-order valence-corrected chi connectivity index (χ2v) is 12.4. The zero-order valence-corrected chi connectivity index (χ0v) is 28.6. The molecule has 0 fully saturated rings. The second kappa shape index (κ2) is 29.8. The van der Waals surface area contributed by atoms with E-state index in [1.54, 1.807) is 10.9 Å². The molecule has 44 heavy (non-hydrogen) atoms. The van der Waals surface area contributed by atoms with Crippen LogP contribution in [0, 0.1) is 0 Å². The number of ether oxygens (including phenoxy) is 2. The number of esters is 2. The molecule has 1 N–H and O–H groups in total. The third-order valence-corrected chi connectivity index (χ3v) is 8.21. The van der Waals surface area contributed by atoms with Crippen molar-refractivity contribution in [2.45, 2.75) is 168 Å². The summed E-state index contributed by atoms with van der Waals surface area (Å²) >= 11 is 0. The smallest absolute Gasteiger partial charge is 0.307 e. The van der Waals surface area contributed by atoms with E-state index in [-0.39, 0.29) is 31.4 Å². The largest absolute Gasteiger partial charge is 0.466 e. The molecule has 256 valence electrons. The monoisotopic (exact) mass is 622 g/mol. The highest BCUT2D eigenvalue weighted by Crippen LogP contribution is 2.12. The lowest BCUT2D eigenvalue weighted by Gasteiger charge is -2.21. The Hall–Kier alpha value is -1.93. The van der Waals surface area contributed by atoms with Crippen molar-refractivity contribution in [2.24, 2.45) is 0 Å². The number of nitrogens with zero attached hydrogens (tertiary/aromatic N) is 3. The van der Waals surface area contributed by atoms with E-state index in [1.165, 1.54) is 103 Å². The first-order valence-corrected chi connectivity index (χ1v) is 18.2. The van der Waals surface area contributed by atoms with E-state index in [1.807, 2.05) is 6.20 Å². The molecule has 0 aliphatic rings. The molecule has 0 aliphatic carbocycles. The molecule has 0 spiro atoms. The Morgan fingerprint density at radius 2 is 1.09 bits per heavy atom. The summed E-state index contributed by atoms with van der Waals surface area (Å²) < 4.78 is 12.7. The maximum atomic E-state index is 12.4. The van der Waals surface area contributed by atoms with Gasteiger partial charge in [0.25, 0.3) is 0 Å². The Bertz CT molecular complexity index is 758. The Balaban J connectivity index is 2.25. The van der Waals surface area contributed by atoms with Crippen LogP contribution in [0.5, 0.6) is 0 Å². The van der Waals surface area contributed by atoms with Gasteiger partial charge in [-0.1, -0.05) is 129 Å². The summed E-state index contributed by atoms with van der Waals surface area (Å²) in [6.45, 7) is 7.52. The molecule has 1 aromatic heterocycles. The van der Waals surface area contributed by atoms with Gasteiger partial charge in [-0.2, -0.15) is 5.10 Å². The molecule has 1 rings (SSSR count). The topological polar surface area (TPSA) is 93.9 Å². The number of aliphatic hydroxyl groups excluding tert-OH is 1. The van der Waals surface area contributed by atoms with Gasteiger partial charge in [-0.15, -0.1) is 0 Å². The number of carbonyl (C=O) groups excluding carboxylic acids is 2. The summed E-state index contributed by atoms with van der Waals surface area (Å²) in [4.78, 5) is 26.9. The van der Waals surface area contributed by atoms with Crippen LogP contribution < -0.4 is 0 Å². The van der Waals surface area contributed by atoms with E-state index in [2.05, 4.69) is 23.8 Å². The first-order valence-electron chi connectivity index (χ1n) is 18.2. The minimum atomic E-state index is -0.189. The summed E-state index contributed by atoms with van der Waals surface area (Å²) in [6.07, 6.45) is 29.3. The van der Waals surface area contributed by atoms with E-state index < -0.39 is 0 Å². The van der Waals surface area contributed by atoms with Crippen molar-refractivity contribution >= 4 is 11.9 Å². The van der Waals surface area contributed by atoms with E-state index in [0.717, 1.165) is 31.2 Å². The molecular weight excluding hydrogens is 554 g/mol. The van der Waals surface area contributed by atoms with Gasteiger partial charge in [0.15, 0.2) is 0 Å². The normalized spacial score (nSPS) is 11.4. The minimum Gasteiger partial charge on any atom is -0.466 e. The number of aliphatic hydroxyl groups is 1. The number of carbonyl (C=O) groups is 2. The Kier molecular flexibility index (Phi) is 27.1. The van der Waals surface area contributed by atoms with E-state index in [9.17, 15) is 14.7 Å². The average Bonchev–Trinajstić information content (AvgIpc) is 3.46. The van der Waals surface area contributed by atoms with E-state index >= 15 is 0 Å². The van der Waals surface area contributed by atoms with Gasteiger partial charge in [0, 0.05) is 31.4 Å². The molecule has 0 atom stereocenters. The van der Waals surface area contributed by atoms with Crippen molar-refractivity contribution in [1.29, 1.82) is 0 Å². The van der Waals surface area contributed by atoms with Gasteiger partial charge in [-0.25, -0.2) is 0 Å². The molecule has 0 aliphatic heterocycles. The van der Waals surface area contributed by atoms with Crippen molar-refractivity contribution in [3.8, 4) is 0 Å². The molecule has 1 aromatic rings. The molecule has 1 heterocycles. The first-order chi connectivity index (χ1) is 21.6. The van der Waals surface area contributed by atoms with Crippen LogP contribution in [0.25, 0.3) is 0 Å². The Morgan fingerprint density at radius 3 is 1.50 bits per heavy atom. The molecule has 8 heteroatoms. The lowest BCUT2D eigenvalue weighted by Crippen LogP contribution is -2.29. The molecule has 0 unspecified atom stereocenters. The molecule has 8 nitrogen and oxygen atoms in total. The van der Waals surface area contributed by atoms with Crippen LogP contribution in [-0.4, -0.2) is 64.6 Å². The molecule has 0 amide bonds. The molecule has 0 saturated heterocycles. The summed E-state index contributed by atoms with van der Waals surface area (Å²) in [7, 11) is 0. The van der Waals surface area contributed by atoms with Crippen LogP contribution in [0.3, 0.4) is 0 Å². The van der Waals surface area contributed by atoms with E-state index in [0.29, 0.717) is 39.4 Å². The predicted octanol–water partition coefficient (Wildman–Crippen LogP) is 8.39. The number of rotatable bonds is 32. The summed E-state index contributed by atoms with van der Waals surface area (Å²) in [5, 5.41) is 13.5. The average molecular weight is 622 g/mol. The number of unbranched alkanes of at least 4 members (excludes halogenated alkanes) is 18. The van der Waals surface area contributed by atoms with Crippen molar-refractivity contribution in [3.05, 3.63) is 18.0 Å². The summed E-state index contributed by atoms with van der Waals surface area (Å²) in [5.41, 5.74) is 0.982. The van der Waals surface area contributed by atoms with Gasteiger partial charge in [0.1, 0.15) is 0 Å². The predicted molar refractivity (Wildman–Crippen MR) is 179 cm³/mol. The Labute approximate surface area is 269 Å². The molecular formula is C36H67N3O5. The molecule has 0 saturated carbocycles. The van der Waals surface area contributed by atoms with Crippen LogP contribution in [-0.2, 0) is 32.2 Å². The molecule has 0 aromatic carbocycles. The van der Waals surface area contributed by atoms with Crippen molar-refractivity contribution in [1.82, 2.24) is 14.7 Å². The maximum Gasteiger partial charge on any atom is 0.307 e. The fourth-order valence-electron chi connectivity index (χ4n) is 5.44. The van der Waals surface area contributed by atoms with Crippen LogP contribution in [0.4, 0.5) is 0 Å². The third-order valence-electron chi connectivity index (χ3n) is 8.21. The highest BCUT2D eigenvalue weighted by atomic mass is 16.5. The minimum absolute atomic E-state index is 0.0284. The van der Waals surface area contributed by atoms with E-state index in [4.69, 9.17) is 9.47 Å². The fourth-order valence-corrected chi connectivity index (χ4v) is 5.44. The zero-order chi connectivity index (χ0) is 31.9. The quantitative estimate of drug-likeness (QED) is 0.0638. The highest BCUT2D eigenvalue weighted by molar-refractivity contribution is 5.70. The van der Waals surface area contributed by atoms with Crippen LogP contribution in [0.2, 0.25) is 0 Å². The van der Waals surface area contributed by atoms with Gasteiger partial charge in [0.2, 0.25) is 0 Å². The van der Waals surface area contributed by atoms with Gasteiger partial charge in [-0.3, -0.25) is 19.2 Å². The standard InChI is InChI=1S/C36H67N3O5/c1-3-5-7-9-11-13-15-17-19-21-29-43-35(41)23-25-38(32-34-31-37-39(33-34)27-28-40)26-24-36(42)44-30-22-20-18-16-14-12-10-8-6-4-2/h31,33,40H,3-30,32H2,1-2H3. The van der Waals surface area contributed by atoms with Gasteiger partial charge < -0.3 is 14.6 Å². The summed E-state index contributed by atoms with van der Waals surface area (Å²) in [6, 6.07) is 0. The first kappa shape index (κ1) is 40.1. The third kappa shape index (κ3) is 24.4. The number of aromatic nitrogens is 2. The molecule has 0 bridgehead atoms. The highest BCUT2D eigenvalue weighted by Gasteiger charge is 2.14. The summed E-state index contributed by atoms with van der Waals surface area (Å²) in [5.74, 6) is -0.379. The lowest BCUT2D eigenvalue weighted by atomic mass is 10.1. The molecule has 0 radical (unpaired) electrons. The maximum absolute atomic E-state index is 12.4. The van der Waals surface area contributed by atoms with Crippen LogP contribution >= 0.6 is 0 Å². The van der Waals surface area contributed by atoms with Gasteiger partial charge in [0.05, 0.1) is 45.4 Å². The van der Waals surface area contributed by atoms with Crippen molar-refractivity contribution in [2.75, 3.05) is 32.9 Å². The SMILES string of the molecule is CCCCCCCCCCCCOC(=O)CCN(CCC(=O)OCCCCCCCCCCCC)Cc1cnn(CCO)c1. The zero-order valence-electron chi connectivity index (χ0n) is 28.6. The van der Waals surface area contributed by atoms with Gasteiger partial charge in [-0.05, 0) is 12.8 Å². The number of hydrogen-bond acceptors (Lipinski definition) is 7. The van der Waals surface area contributed by atoms with Crippen LogP contribution in [0.1, 0.15) is 161 Å². The van der Waals surface area contributed by atoms with Crippen LogP contribution in [0.15, 0.2) is 12.4 Å². The second-order valence-electron chi connectivity index (χ2n) is 12.4. The number of hydrogen-bond donors (Lipinski definition) is 1. The fraction of sp³-hybridized carbons (Fsp3) is 0.861. The van der Waals surface area contributed by atoms with Crippen molar-refractivity contribution in [3.63, 3.8) is 0 Å². The lowest BCUT2D eigenvalue weighted by molar-refractivity contribution is -0.144. The van der Waals surface area contributed by atoms with Gasteiger partial charge >= 0.3 is 11.9 Å².